The Bertz CT molecular complexity index is 1760. The second kappa shape index (κ2) is 15.6. The molecule has 4 aliphatic rings. The topological polar surface area (TPSA) is 113 Å². The van der Waals surface area contributed by atoms with Crippen molar-refractivity contribution in [3.05, 3.63) is 71.1 Å². The summed E-state index contributed by atoms with van der Waals surface area (Å²) in [6, 6.07) is 6.55. The monoisotopic (exact) mass is 698 g/mol. The van der Waals surface area contributed by atoms with Crippen molar-refractivity contribution in [1.29, 1.82) is 0 Å². The first-order valence-corrected chi connectivity index (χ1v) is 18.1. The summed E-state index contributed by atoms with van der Waals surface area (Å²) >= 11 is 0. The van der Waals surface area contributed by atoms with Crippen LogP contribution in [0, 0.1) is 0 Å². The quantitative estimate of drug-likeness (QED) is 0.207. The number of benzene rings is 2. The molecule has 4 aliphatic heterocycles. The van der Waals surface area contributed by atoms with E-state index in [9.17, 15) is 14.7 Å². The first kappa shape index (κ1) is 36.0. The second-order valence-electron chi connectivity index (χ2n) is 13.7. The summed E-state index contributed by atoms with van der Waals surface area (Å²) in [7, 11) is 3.13. The van der Waals surface area contributed by atoms with Crippen LogP contribution in [0.1, 0.15) is 93.4 Å². The predicted octanol–water partition coefficient (Wildman–Crippen LogP) is 7.17. The van der Waals surface area contributed by atoms with E-state index in [1.54, 1.807) is 42.2 Å². The molecule has 0 bridgehead atoms. The number of allylic oxidation sites excluding steroid dienone is 2. The molecule has 1 unspecified atom stereocenters. The van der Waals surface area contributed by atoms with Crippen molar-refractivity contribution in [2.75, 3.05) is 32.3 Å². The van der Waals surface area contributed by atoms with E-state index in [2.05, 4.69) is 11.9 Å². The van der Waals surface area contributed by atoms with Gasteiger partial charge in [-0.05, 0) is 77.0 Å². The molecular formula is C40H50N4O7. The molecule has 6 rings (SSSR count). The smallest absolute Gasteiger partial charge is 0.260 e. The SMILES string of the molecule is C/C=C/C1=CN2C(=O)c3cc(OC)c(OCCCCCOc4cc5c(cc4OC)C(=O)N4C=C(CCC)C[C@H]4C(O)N5C(C)C)cc3N=C[C@@H]2C1. The summed E-state index contributed by atoms with van der Waals surface area (Å²) in [4.78, 5) is 37.3. The van der Waals surface area contributed by atoms with Crippen LogP contribution in [-0.2, 0) is 0 Å². The average Bonchev–Trinajstić information content (AvgIpc) is 3.69. The maximum Gasteiger partial charge on any atom is 0.260 e. The van der Waals surface area contributed by atoms with E-state index in [1.165, 1.54) is 5.57 Å². The van der Waals surface area contributed by atoms with Crippen molar-refractivity contribution < 1.29 is 33.6 Å². The van der Waals surface area contributed by atoms with E-state index < -0.39 is 6.23 Å². The van der Waals surface area contributed by atoms with Crippen molar-refractivity contribution >= 4 is 29.4 Å². The number of ether oxygens (including phenoxy) is 4. The third-order valence-corrected chi connectivity index (χ3v) is 9.86. The van der Waals surface area contributed by atoms with Crippen molar-refractivity contribution in [2.24, 2.45) is 4.99 Å². The van der Waals surface area contributed by atoms with Gasteiger partial charge >= 0.3 is 0 Å². The van der Waals surface area contributed by atoms with Crippen molar-refractivity contribution in [3.63, 3.8) is 0 Å². The van der Waals surface area contributed by atoms with Crippen LogP contribution >= 0.6 is 0 Å². The van der Waals surface area contributed by atoms with Gasteiger partial charge in [-0.15, -0.1) is 0 Å². The van der Waals surface area contributed by atoms with Gasteiger partial charge in [0.2, 0.25) is 0 Å². The number of amides is 2. The lowest BCUT2D eigenvalue weighted by molar-refractivity contribution is 0.0560. The Morgan fingerprint density at radius 2 is 1.55 bits per heavy atom. The molecule has 11 heteroatoms. The molecule has 51 heavy (non-hydrogen) atoms. The highest BCUT2D eigenvalue weighted by Crippen LogP contribution is 2.43. The lowest BCUT2D eigenvalue weighted by atomic mass is 10.0. The van der Waals surface area contributed by atoms with Crippen molar-refractivity contribution in [3.8, 4) is 23.0 Å². The van der Waals surface area contributed by atoms with E-state index in [4.69, 9.17) is 18.9 Å². The zero-order chi connectivity index (χ0) is 36.2. The number of aliphatic hydroxyl groups excluding tert-OH is 1. The molecule has 2 aromatic rings. The molecule has 11 nitrogen and oxygen atoms in total. The molecule has 272 valence electrons. The Morgan fingerprint density at radius 1 is 0.882 bits per heavy atom. The standard InChI is InChI=1S/C40H50N4O7/c1-7-12-26-16-28-22-41-31-20-36(34(48-5)18-29(31)38(45)42(28)23-26)50-14-10-9-11-15-51-37-21-32-30(19-35(37)49-6)39(46)43-24-27(13-8-2)17-33(43)40(47)44(32)25(3)4/h7,12,18-25,28,33,40,47H,8-11,13-17H2,1-6H3/b12-7+/t28-,33-,40?/m0/s1. The minimum absolute atomic E-state index is 0.0561. The van der Waals surface area contributed by atoms with Crippen LogP contribution in [0.4, 0.5) is 11.4 Å². The molecule has 0 spiro atoms. The maximum absolute atomic E-state index is 13.8. The van der Waals surface area contributed by atoms with E-state index >= 15 is 0 Å². The van der Waals surface area contributed by atoms with Crippen LogP contribution in [0.15, 0.2) is 65.0 Å². The number of carbonyl (C=O) groups is 2. The largest absolute Gasteiger partial charge is 0.493 e. The number of fused-ring (bicyclic) bond motifs is 4. The molecule has 2 aromatic carbocycles. The number of methoxy groups -OCH3 is 2. The number of carbonyl (C=O) groups excluding carboxylic acids is 2. The van der Waals surface area contributed by atoms with Crippen molar-refractivity contribution in [1.82, 2.24) is 9.80 Å². The Kier molecular flexibility index (Phi) is 11.0. The number of nitrogens with zero attached hydrogens (tertiary/aromatic N) is 4. The summed E-state index contributed by atoms with van der Waals surface area (Å²) in [6.45, 7) is 9.01. The molecule has 0 fully saturated rings. The maximum atomic E-state index is 13.8. The molecular weight excluding hydrogens is 648 g/mol. The van der Waals surface area contributed by atoms with Crippen molar-refractivity contribution in [2.45, 2.75) is 97.0 Å². The number of aliphatic imine (C=N–C) groups is 1. The minimum atomic E-state index is -0.862. The molecule has 0 aromatic heterocycles. The fourth-order valence-electron chi connectivity index (χ4n) is 7.39. The predicted molar refractivity (Wildman–Crippen MR) is 198 cm³/mol. The third-order valence-electron chi connectivity index (χ3n) is 9.86. The molecule has 0 radical (unpaired) electrons. The second-order valence-corrected chi connectivity index (χ2v) is 13.7. The Balaban J connectivity index is 1.07. The molecule has 4 heterocycles. The highest BCUT2D eigenvalue weighted by molar-refractivity contribution is 6.04. The first-order chi connectivity index (χ1) is 24.7. The molecule has 2 amide bonds. The summed E-state index contributed by atoms with van der Waals surface area (Å²) in [6.07, 6.45) is 14.4. The number of hydrogen-bond acceptors (Lipinski definition) is 9. The molecule has 3 atom stereocenters. The van der Waals surface area contributed by atoms with Crippen LogP contribution in [0.25, 0.3) is 0 Å². The molecule has 0 saturated carbocycles. The summed E-state index contributed by atoms with van der Waals surface area (Å²) < 4.78 is 23.6. The van der Waals surface area contributed by atoms with Gasteiger partial charge in [0.15, 0.2) is 23.0 Å². The van der Waals surface area contributed by atoms with Crippen LogP contribution in [0.5, 0.6) is 23.0 Å². The third kappa shape index (κ3) is 7.22. The average molecular weight is 699 g/mol. The van der Waals surface area contributed by atoms with Gasteiger partial charge in [0.1, 0.15) is 6.23 Å². The van der Waals surface area contributed by atoms with Crippen LogP contribution < -0.4 is 23.8 Å². The minimum Gasteiger partial charge on any atom is -0.493 e. The number of aliphatic hydroxyl groups is 1. The lowest BCUT2D eigenvalue weighted by Crippen LogP contribution is -2.50. The van der Waals surface area contributed by atoms with Crippen LogP contribution in [-0.4, -0.2) is 84.7 Å². The zero-order valence-corrected chi connectivity index (χ0v) is 30.6. The molecule has 1 N–H and O–H groups in total. The van der Waals surface area contributed by atoms with Gasteiger partial charge in [-0.25, -0.2) is 0 Å². The number of anilines is 1. The lowest BCUT2D eigenvalue weighted by Gasteiger charge is -2.37. The summed E-state index contributed by atoms with van der Waals surface area (Å²) in [5.41, 5.74) is 4.45. The van der Waals surface area contributed by atoms with Gasteiger partial charge < -0.3 is 38.8 Å². The van der Waals surface area contributed by atoms with Gasteiger partial charge in [-0.2, -0.15) is 0 Å². The van der Waals surface area contributed by atoms with Crippen LogP contribution in [0.3, 0.4) is 0 Å². The highest BCUT2D eigenvalue weighted by Gasteiger charge is 2.43. The first-order valence-electron chi connectivity index (χ1n) is 18.1. The highest BCUT2D eigenvalue weighted by atomic mass is 16.5. The fraction of sp³-hybridized carbons (Fsp3) is 0.475. The van der Waals surface area contributed by atoms with Gasteiger partial charge in [0.25, 0.3) is 11.8 Å². The van der Waals surface area contributed by atoms with Gasteiger partial charge in [0, 0.05) is 36.8 Å². The number of hydrogen-bond donors (Lipinski definition) is 1. The Labute approximate surface area is 300 Å². The van der Waals surface area contributed by atoms with Gasteiger partial charge in [0.05, 0.1) is 62.0 Å². The molecule has 0 saturated heterocycles. The van der Waals surface area contributed by atoms with E-state index in [0.29, 0.717) is 65.1 Å². The number of unbranched alkanes of at least 4 members (excludes halogenated alkanes) is 2. The summed E-state index contributed by atoms with van der Waals surface area (Å²) in [5, 5.41) is 11.6. The zero-order valence-electron chi connectivity index (χ0n) is 30.6. The Morgan fingerprint density at radius 3 is 2.20 bits per heavy atom. The van der Waals surface area contributed by atoms with Gasteiger partial charge in [-0.3, -0.25) is 14.6 Å². The molecule has 0 aliphatic carbocycles. The van der Waals surface area contributed by atoms with Crippen LogP contribution in [0.2, 0.25) is 0 Å². The van der Waals surface area contributed by atoms with Gasteiger partial charge in [-0.1, -0.05) is 31.1 Å². The number of rotatable bonds is 14. The fourth-order valence-corrected chi connectivity index (χ4v) is 7.39. The van der Waals surface area contributed by atoms with E-state index in [1.807, 2.05) is 62.5 Å². The normalized spacial score (nSPS) is 20.9. The van der Waals surface area contributed by atoms with E-state index in [0.717, 1.165) is 44.1 Å². The Hall–Kier alpha value is -4.77. The summed E-state index contributed by atoms with van der Waals surface area (Å²) in [5.74, 6) is 1.79. The van der Waals surface area contributed by atoms with E-state index in [-0.39, 0.29) is 29.9 Å².